The van der Waals surface area contributed by atoms with Crippen LogP contribution in [0.1, 0.15) is 72.6 Å². The van der Waals surface area contributed by atoms with Crippen molar-refractivity contribution in [3.63, 3.8) is 0 Å². The number of hydrogen-bond acceptors (Lipinski definition) is 1. The molecular formula is C17H31N. The van der Waals surface area contributed by atoms with E-state index in [0.29, 0.717) is 5.41 Å². The average Bonchev–Trinajstić information content (AvgIpc) is 2.80. The molecule has 3 rings (SSSR count). The van der Waals surface area contributed by atoms with E-state index < -0.39 is 0 Å². The van der Waals surface area contributed by atoms with Crippen LogP contribution in [-0.4, -0.2) is 23.5 Å². The molecule has 0 radical (unpaired) electrons. The van der Waals surface area contributed by atoms with Crippen LogP contribution < -0.4 is 0 Å². The molecule has 18 heavy (non-hydrogen) atoms. The lowest BCUT2D eigenvalue weighted by Crippen LogP contribution is -2.45. The fraction of sp³-hybridized carbons (Fsp3) is 1.00. The Morgan fingerprint density at radius 1 is 1.06 bits per heavy atom. The van der Waals surface area contributed by atoms with Gasteiger partial charge in [0.1, 0.15) is 0 Å². The molecule has 1 spiro atoms. The summed E-state index contributed by atoms with van der Waals surface area (Å²) in [6.07, 6.45) is 10.5. The second-order valence-corrected chi connectivity index (χ2v) is 8.13. The maximum absolute atomic E-state index is 2.92. The maximum Gasteiger partial charge on any atom is 0.0181 e. The van der Waals surface area contributed by atoms with Crippen molar-refractivity contribution >= 4 is 0 Å². The van der Waals surface area contributed by atoms with Crippen molar-refractivity contribution < 1.29 is 0 Å². The van der Waals surface area contributed by atoms with Crippen molar-refractivity contribution in [3.05, 3.63) is 0 Å². The molecule has 0 amide bonds. The molecule has 2 aliphatic carbocycles. The Labute approximate surface area is 113 Å². The predicted molar refractivity (Wildman–Crippen MR) is 77.7 cm³/mol. The van der Waals surface area contributed by atoms with Gasteiger partial charge in [0.15, 0.2) is 0 Å². The molecular weight excluding hydrogens is 218 g/mol. The first-order chi connectivity index (χ1) is 8.50. The largest absolute Gasteiger partial charge is 0.296 e. The lowest BCUT2D eigenvalue weighted by atomic mass is 9.61. The van der Waals surface area contributed by atoms with Crippen LogP contribution in [0.25, 0.3) is 0 Å². The zero-order chi connectivity index (χ0) is 13.0. The zero-order valence-electron chi connectivity index (χ0n) is 12.8. The summed E-state index contributed by atoms with van der Waals surface area (Å²) in [7, 11) is 0. The fourth-order valence-electron chi connectivity index (χ4n) is 6.01. The van der Waals surface area contributed by atoms with Gasteiger partial charge in [-0.15, -0.1) is 0 Å². The Morgan fingerprint density at radius 3 is 2.44 bits per heavy atom. The third-order valence-corrected chi connectivity index (χ3v) is 6.32. The van der Waals surface area contributed by atoms with Crippen LogP contribution in [-0.2, 0) is 0 Å². The van der Waals surface area contributed by atoms with Gasteiger partial charge in [0.25, 0.3) is 0 Å². The van der Waals surface area contributed by atoms with Crippen LogP contribution in [0.15, 0.2) is 0 Å². The Kier molecular flexibility index (Phi) is 3.05. The average molecular weight is 249 g/mol. The van der Waals surface area contributed by atoms with Gasteiger partial charge in [0.05, 0.1) is 0 Å². The number of rotatable bonds is 1. The quantitative estimate of drug-likeness (QED) is 0.663. The van der Waals surface area contributed by atoms with E-state index in [9.17, 15) is 0 Å². The Balaban J connectivity index is 2.00. The van der Waals surface area contributed by atoms with Gasteiger partial charge in [-0.25, -0.2) is 0 Å². The summed E-state index contributed by atoms with van der Waals surface area (Å²) in [5, 5.41) is 0. The van der Waals surface area contributed by atoms with E-state index in [2.05, 4.69) is 32.6 Å². The van der Waals surface area contributed by atoms with E-state index in [-0.39, 0.29) is 0 Å². The van der Waals surface area contributed by atoms with Gasteiger partial charge >= 0.3 is 0 Å². The van der Waals surface area contributed by atoms with Crippen LogP contribution >= 0.6 is 0 Å². The van der Waals surface area contributed by atoms with Gasteiger partial charge in [-0.2, -0.15) is 0 Å². The standard InChI is InChI=1S/C17H31N/c1-5-18-14-10-8-12-17(14)11-7-6-9-13(17)15(18)16(2,3)4/h13-15H,5-12H2,1-4H3. The molecule has 3 fully saturated rings. The van der Waals surface area contributed by atoms with Gasteiger partial charge in [0, 0.05) is 12.1 Å². The van der Waals surface area contributed by atoms with Crippen LogP contribution in [0.5, 0.6) is 0 Å². The monoisotopic (exact) mass is 249 g/mol. The SMILES string of the molecule is CCN1C(C(C)(C)C)C2CCCCC23CCCC13. The summed E-state index contributed by atoms with van der Waals surface area (Å²) in [5.41, 5.74) is 1.18. The fourth-order valence-corrected chi connectivity index (χ4v) is 6.01. The highest BCUT2D eigenvalue weighted by Gasteiger charge is 2.62. The minimum atomic E-state index is 0.454. The minimum absolute atomic E-state index is 0.454. The molecule has 1 saturated heterocycles. The van der Waals surface area contributed by atoms with Gasteiger partial charge < -0.3 is 0 Å². The molecule has 1 nitrogen and oxygen atoms in total. The number of likely N-dealkylation sites (tertiary alicyclic amines) is 1. The molecule has 4 atom stereocenters. The Bertz CT molecular complexity index is 316. The maximum atomic E-state index is 2.92. The molecule has 1 heterocycles. The van der Waals surface area contributed by atoms with Crippen LogP contribution in [0.2, 0.25) is 0 Å². The van der Waals surface area contributed by atoms with Gasteiger partial charge in [-0.3, -0.25) is 4.90 Å². The summed E-state index contributed by atoms with van der Waals surface area (Å²) in [5.74, 6) is 0.999. The number of hydrogen-bond donors (Lipinski definition) is 0. The van der Waals surface area contributed by atoms with E-state index >= 15 is 0 Å². The second kappa shape index (κ2) is 4.23. The Hall–Kier alpha value is -0.0400. The summed E-state index contributed by atoms with van der Waals surface area (Å²) < 4.78 is 0. The lowest BCUT2D eigenvalue weighted by Gasteiger charge is -2.43. The lowest BCUT2D eigenvalue weighted by molar-refractivity contribution is 0.0752. The summed E-state index contributed by atoms with van der Waals surface area (Å²) in [4.78, 5) is 2.92. The molecule has 104 valence electrons. The van der Waals surface area contributed by atoms with Gasteiger partial charge in [0.2, 0.25) is 0 Å². The Morgan fingerprint density at radius 2 is 1.78 bits per heavy atom. The van der Waals surface area contributed by atoms with Crippen molar-refractivity contribution in [2.24, 2.45) is 16.7 Å². The zero-order valence-corrected chi connectivity index (χ0v) is 12.8. The summed E-state index contributed by atoms with van der Waals surface area (Å²) >= 11 is 0. The van der Waals surface area contributed by atoms with E-state index in [1.807, 2.05) is 0 Å². The van der Waals surface area contributed by atoms with Crippen molar-refractivity contribution in [1.29, 1.82) is 0 Å². The van der Waals surface area contributed by atoms with E-state index in [1.165, 1.54) is 51.5 Å². The molecule has 2 saturated carbocycles. The highest BCUT2D eigenvalue weighted by atomic mass is 15.3. The molecule has 0 aromatic rings. The molecule has 0 N–H and O–H groups in total. The first-order valence-electron chi connectivity index (χ1n) is 8.26. The molecule has 3 aliphatic rings. The van der Waals surface area contributed by atoms with Crippen molar-refractivity contribution in [3.8, 4) is 0 Å². The molecule has 1 aliphatic heterocycles. The van der Waals surface area contributed by atoms with E-state index in [0.717, 1.165) is 23.4 Å². The second-order valence-electron chi connectivity index (χ2n) is 8.13. The van der Waals surface area contributed by atoms with Crippen molar-refractivity contribution in [2.45, 2.75) is 84.7 Å². The highest BCUT2D eigenvalue weighted by molar-refractivity contribution is 5.14. The van der Waals surface area contributed by atoms with Gasteiger partial charge in [-0.1, -0.05) is 47.0 Å². The van der Waals surface area contributed by atoms with E-state index in [1.54, 1.807) is 0 Å². The molecule has 1 heteroatoms. The van der Waals surface area contributed by atoms with Crippen LogP contribution in [0.4, 0.5) is 0 Å². The first kappa shape index (κ1) is 13.0. The summed E-state index contributed by atoms with van der Waals surface area (Å²) in [6, 6.07) is 1.77. The topological polar surface area (TPSA) is 3.24 Å². The van der Waals surface area contributed by atoms with Gasteiger partial charge in [-0.05, 0) is 49.0 Å². The third-order valence-electron chi connectivity index (χ3n) is 6.32. The molecule has 4 unspecified atom stereocenters. The molecule has 0 bridgehead atoms. The normalized spacial score (nSPS) is 45.0. The van der Waals surface area contributed by atoms with Crippen LogP contribution in [0, 0.1) is 16.7 Å². The molecule has 0 aromatic carbocycles. The van der Waals surface area contributed by atoms with Crippen molar-refractivity contribution in [1.82, 2.24) is 4.90 Å². The number of nitrogens with zero attached hydrogens (tertiary/aromatic N) is 1. The third kappa shape index (κ3) is 1.62. The summed E-state index contributed by atoms with van der Waals surface area (Å²) in [6.45, 7) is 11.1. The predicted octanol–water partition coefficient (Wildman–Crippen LogP) is 4.47. The highest BCUT2D eigenvalue weighted by Crippen LogP contribution is 2.63. The molecule has 0 aromatic heterocycles. The first-order valence-corrected chi connectivity index (χ1v) is 8.26. The van der Waals surface area contributed by atoms with Crippen molar-refractivity contribution in [2.75, 3.05) is 6.54 Å². The minimum Gasteiger partial charge on any atom is -0.296 e. The van der Waals surface area contributed by atoms with E-state index in [4.69, 9.17) is 0 Å². The van der Waals surface area contributed by atoms with Crippen LogP contribution in [0.3, 0.4) is 0 Å². The smallest absolute Gasteiger partial charge is 0.0181 e.